The van der Waals surface area contributed by atoms with Crippen molar-refractivity contribution in [3.05, 3.63) is 54.4 Å². The first-order chi connectivity index (χ1) is 13.2. The van der Waals surface area contributed by atoms with Gasteiger partial charge in [0.2, 0.25) is 21.9 Å². The Bertz CT molecular complexity index is 1080. The highest BCUT2D eigenvalue weighted by molar-refractivity contribution is 7.92. The molecule has 0 aliphatic carbocycles. The number of benzene rings is 1. The number of hydrogen-bond acceptors (Lipinski definition) is 6. The average Bonchev–Trinajstić information content (AvgIpc) is 2.65. The van der Waals surface area contributed by atoms with Crippen molar-refractivity contribution >= 4 is 26.9 Å². The molecule has 0 amide bonds. The predicted octanol–water partition coefficient (Wildman–Crippen LogP) is 3.47. The van der Waals surface area contributed by atoms with Crippen LogP contribution in [0.1, 0.15) is 18.6 Å². The lowest BCUT2D eigenvalue weighted by molar-refractivity contribution is -0.198. The molecule has 0 saturated carbocycles. The third-order valence-corrected chi connectivity index (χ3v) is 4.95. The van der Waals surface area contributed by atoms with E-state index in [0.717, 1.165) is 6.20 Å². The van der Waals surface area contributed by atoms with Crippen molar-refractivity contribution in [2.75, 3.05) is 10.5 Å². The van der Waals surface area contributed by atoms with Crippen LogP contribution in [-0.2, 0) is 10.0 Å². The molecule has 148 valence electrons. The molecule has 1 unspecified atom stereocenters. The lowest BCUT2D eigenvalue weighted by Crippen LogP contribution is -2.27. The van der Waals surface area contributed by atoms with Crippen LogP contribution in [0.2, 0.25) is 0 Å². The zero-order chi connectivity index (χ0) is 20.4. The summed E-state index contributed by atoms with van der Waals surface area (Å²) in [4.78, 5) is 11.8. The van der Waals surface area contributed by atoms with E-state index in [-0.39, 0.29) is 16.8 Å². The number of ether oxygens (including phenoxy) is 1. The van der Waals surface area contributed by atoms with Gasteiger partial charge in [0.1, 0.15) is 0 Å². The molecule has 0 bridgehead atoms. The summed E-state index contributed by atoms with van der Waals surface area (Å²) in [6, 6.07) is 8.89. The molecule has 3 aromatic rings. The maximum absolute atomic E-state index is 13.6. The minimum atomic E-state index is -4.79. The van der Waals surface area contributed by atoms with Gasteiger partial charge >= 0.3 is 6.18 Å². The second-order valence-corrected chi connectivity index (χ2v) is 7.71. The first kappa shape index (κ1) is 19.8. The Morgan fingerprint density at radius 2 is 1.79 bits per heavy atom. The largest absolute Gasteiger partial charge is 0.457 e. The van der Waals surface area contributed by atoms with Gasteiger partial charge in [-0.3, -0.25) is 9.71 Å². The maximum atomic E-state index is 13.6. The second-order valence-electron chi connectivity index (χ2n) is 5.70. The monoisotopic (exact) mass is 412 g/mol. The molecule has 0 aliphatic heterocycles. The molecule has 7 nitrogen and oxygen atoms in total. The van der Waals surface area contributed by atoms with E-state index >= 15 is 0 Å². The van der Waals surface area contributed by atoms with Crippen LogP contribution < -0.4 is 9.46 Å². The molecule has 3 rings (SSSR count). The van der Waals surface area contributed by atoms with Gasteiger partial charge in [0.25, 0.3) is 5.88 Å². The van der Waals surface area contributed by atoms with Crippen molar-refractivity contribution in [1.29, 1.82) is 0 Å². The molecule has 0 spiro atoms. The van der Waals surface area contributed by atoms with Gasteiger partial charge in [-0.25, -0.2) is 18.4 Å². The normalized spacial score (nSPS) is 13.3. The Morgan fingerprint density at radius 1 is 1.11 bits per heavy atom. The van der Waals surface area contributed by atoms with Crippen molar-refractivity contribution in [2.45, 2.75) is 19.2 Å². The Kier molecular flexibility index (Phi) is 5.36. The van der Waals surface area contributed by atoms with E-state index in [1.54, 1.807) is 18.2 Å². The first-order valence-corrected chi connectivity index (χ1v) is 9.75. The van der Waals surface area contributed by atoms with Gasteiger partial charge in [0.05, 0.1) is 16.8 Å². The van der Waals surface area contributed by atoms with Crippen molar-refractivity contribution in [3.63, 3.8) is 0 Å². The summed E-state index contributed by atoms with van der Waals surface area (Å²) in [7, 11) is -3.83. The van der Waals surface area contributed by atoms with E-state index in [1.807, 2.05) is 0 Å². The van der Waals surface area contributed by atoms with Crippen molar-refractivity contribution in [2.24, 2.45) is 0 Å². The molecule has 28 heavy (non-hydrogen) atoms. The first-order valence-electron chi connectivity index (χ1n) is 8.10. The van der Waals surface area contributed by atoms with E-state index in [2.05, 4.69) is 19.7 Å². The third kappa shape index (κ3) is 4.47. The Labute approximate surface area is 158 Å². The third-order valence-electron chi connectivity index (χ3n) is 3.68. The number of nitrogens with zero attached hydrogens (tertiary/aromatic N) is 3. The van der Waals surface area contributed by atoms with Crippen LogP contribution in [0.25, 0.3) is 11.0 Å². The lowest BCUT2D eigenvalue weighted by Gasteiger charge is -2.22. The number of aromatic nitrogens is 3. The van der Waals surface area contributed by atoms with Crippen LogP contribution in [0.3, 0.4) is 0 Å². The van der Waals surface area contributed by atoms with Crippen molar-refractivity contribution in [1.82, 2.24) is 15.0 Å². The second kappa shape index (κ2) is 7.58. The van der Waals surface area contributed by atoms with Crippen LogP contribution in [-0.4, -0.2) is 35.3 Å². The fourth-order valence-corrected chi connectivity index (χ4v) is 2.89. The zero-order valence-corrected chi connectivity index (χ0v) is 15.3. The van der Waals surface area contributed by atoms with Gasteiger partial charge in [0, 0.05) is 18.0 Å². The Balaban J connectivity index is 2.11. The quantitative estimate of drug-likeness (QED) is 0.666. The molecule has 0 saturated heterocycles. The van der Waals surface area contributed by atoms with Gasteiger partial charge in [-0.1, -0.05) is 18.2 Å². The molecule has 1 aromatic carbocycles. The van der Waals surface area contributed by atoms with Gasteiger partial charge in [0.15, 0.2) is 0 Å². The highest BCUT2D eigenvalue weighted by atomic mass is 32.2. The number of pyridine rings is 1. The molecule has 0 fully saturated rings. The number of halogens is 3. The van der Waals surface area contributed by atoms with E-state index in [4.69, 9.17) is 4.74 Å². The standard InChI is InChI=1S/C17H15F3N4O3S/c1-2-28(25,26)24-15-16(23-13-8-4-3-7-12(13)22-15)27-14(17(18,19)20)11-6-5-9-21-10-11/h3-10,14H,2H2,1H3,(H,22,24). The number of hydrogen-bond donors (Lipinski definition) is 1. The predicted molar refractivity (Wildman–Crippen MR) is 96.3 cm³/mol. The molecule has 11 heteroatoms. The minimum Gasteiger partial charge on any atom is -0.457 e. The van der Waals surface area contributed by atoms with E-state index in [9.17, 15) is 21.6 Å². The van der Waals surface area contributed by atoms with Gasteiger partial charge < -0.3 is 4.74 Å². The fraction of sp³-hybridized carbons (Fsp3) is 0.235. The summed E-state index contributed by atoms with van der Waals surface area (Å²) in [6.07, 6.45) is -4.85. The van der Waals surface area contributed by atoms with E-state index < -0.39 is 34.0 Å². The van der Waals surface area contributed by atoms with Crippen molar-refractivity contribution < 1.29 is 26.3 Å². The number of rotatable bonds is 6. The molecule has 2 heterocycles. The highest BCUT2D eigenvalue weighted by Crippen LogP contribution is 2.38. The number of alkyl halides is 3. The summed E-state index contributed by atoms with van der Waals surface area (Å²) in [6.45, 7) is 1.38. The SMILES string of the molecule is CCS(=O)(=O)Nc1nc2ccccc2nc1OC(c1cccnc1)C(F)(F)F. The summed E-state index contributed by atoms with van der Waals surface area (Å²) < 4.78 is 71.9. The Hall–Kier alpha value is -2.95. The number of nitrogens with one attached hydrogen (secondary N) is 1. The van der Waals surface area contributed by atoms with Crippen molar-refractivity contribution in [3.8, 4) is 5.88 Å². The smallest absolute Gasteiger partial charge is 0.429 e. The van der Waals surface area contributed by atoms with E-state index in [1.165, 1.54) is 31.3 Å². The Morgan fingerprint density at radius 3 is 2.36 bits per heavy atom. The highest BCUT2D eigenvalue weighted by Gasteiger charge is 2.44. The molecule has 2 aromatic heterocycles. The van der Waals surface area contributed by atoms with Gasteiger partial charge in [-0.2, -0.15) is 13.2 Å². The van der Waals surface area contributed by atoms with Gasteiger partial charge in [-0.15, -0.1) is 0 Å². The molecular weight excluding hydrogens is 397 g/mol. The molecule has 0 aliphatic rings. The molecule has 1 atom stereocenters. The van der Waals surface area contributed by atoms with Crippen LogP contribution >= 0.6 is 0 Å². The lowest BCUT2D eigenvalue weighted by atomic mass is 10.1. The molecular formula is C17H15F3N4O3S. The number of fused-ring (bicyclic) bond motifs is 1. The zero-order valence-electron chi connectivity index (χ0n) is 14.5. The fourth-order valence-electron chi connectivity index (χ4n) is 2.32. The minimum absolute atomic E-state index is 0.254. The molecule has 0 radical (unpaired) electrons. The average molecular weight is 412 g/mol. The van der Waals surface area contributed by atoms with Crippen LogP contribution in [0, 0.1) is 0 Å². The number of para-hydroxylation sites is 2. The summed E-state index contributed by atoms with van der Waals surface area (Å²) in [5, 5.41) is 0. The molecule has 1 N–H and O–H groups in total. The summed E-state index contributed by atoms with van der Waals surface area (Å²) in [5.41, 5.74) is 0.298. The summed E-state index contributed by atoms with van der Waals surface area (Å²) in [5.74, 6) is -1.30. The topological polar surface area (TPSA) is 94.1 Å². The van der Waals surface area contributed by atoms with E-state index in [0.29, 0.717) is 5.52 Å². The van der Waals surface area contributed by atoms with Gasteiger partial charge in [-0.05, 0) is 25.1 Å². The number of anilines is 1. The maximum Gasteiger partial charge on any atom is 0.429 e. The number of sulfonamides is 1. The van der Waals surface area contributed by atoms with Crippen LogP contribution in [0.4, 0.5) is 19.0 Å². The van der Waals surface area contributed by atoms with Crippen LogP contribution in [0.5, 0.6) is 5.88 Å². The van der Waals surface area contributed by atoms with Crippen LogP contribution in [0.15, 0.2) is 48.8 Å². The summed E-state index contributed by atoms with van der Waals surface area (Å²) >= 11 is 0.